The topological polar surface area (TPSA) is 132 Å². The number of aromatic hydroxyl groups is 1. The highest BCUT2D eigenvalue weighted by atomic mass is 19.1. The molecule has 0 spiro atoms. The minimum Gasteiger partial charge on any atom is -0.508 e. The Morgan fingerprint density at radius 2 is 1.71 bits per heavy atom. The maximum atomic E-state index is 14.0. The number of fused-ring (bicyclic) bond motifs is 2. The summed E-state index contributed by atoms with van der Waals surface area (Å²) in [5, 5.41) is 21.1. The SMILES string of the molecule is O=C(Nc1cncc(-c2ccc3[nH]nc(-c4cc5c(-c6cc(O)cc(F)c6)cncc5[nH]4)c3n2)c1)c1ccccc1. The van der Waals surface area contributed by atoms with E-state index in [1.165, 1.54) is 12.1 Å². The maximum Gasteiger partial charge on any atom is 0.255 e. The number of phenolic OH excluding ortho intramolecular Hbond substituents is 1. The van der Waals surface area contributed by atoms with E-state index in [1.807, 2.05) is 42.5 Å². The number of aromatic amines is 2. The monoisotopic (exact) mass is 541 g/mol. The van der Waals surface area contributed by atoms with Gasteiger partial charge in [0.1, 0.15) is 22.8 Å². The summed E-state index contributed by atoms with van der Waals surface area (Å²) in [6, 6.07) is 20.3. The number of halogens is 1. The zero-order valence-electron chi connectivity index (χ0n) is 21.3. The fourth-order valence-electron chi connectivity index (χ4n) is 4.83. The van der Waals surface area contributed by atoms with Gasteiger partial charge in [-0.15, -0.1) is 0 Å². The predicted molar refractivity (Wildman–Crippen MR) is 154 cm³/mol. The molecule has 4 N–H and O–H groups in total. The number of phenols is 1. The van der Waals surface area contributed by atoms with Gasteiger partial charge in [-0.2, -0.15) is 5.10 Å². The third-order valence-corrected chi connectivity index (χ3v) is 6.73. The molecule has 0 fully saturated rings. The summed E-state index contributed by atoms with van der Waals surface area (Å²) >= 11 is 0. The lowest BCUT2D eigenvalue weighted by Crippen LogP contribution is -2.11. The van der Waals surface area contributed by atoms with Crippen LogP contribution in [0.25, 0.3) is 55.7 Å². The average molecular weight is 542 g/mol. The summed E-state index contributed by atoms with van der Waals surface area (Å²) in [5.74, 6) is -0.937. The molecule has 7 aromatic rings. The second-order valence-electron chi connectivity index (χ2n) is 9.48. The average Bonchev–Trinajstić information content (AvgIpc) is 3.61. The number of anilines is 1. The van der Waals surface area contributed by atoms with Crippen LogP contribution in [0.15, 0.2) is 97.6 Å². The van der Waals surface area contributed by atoms with Crippen molar-refractivity contribution in [1.82, 2.24) is 30.1 Å². The molecule has 0 saturated carbocycles. The van der Waals surface area contributed by atoms with Gasteiger partial charge in [0.25, 0.3) is 5.91 Å². The number of aromatic nitrogens is 6. The van der Waals surface area contributed by atoms with Crippen LogP contribution < -0.4 is 5.32 Å². The molecule has 0 aliphatic carbocycles. The Kier molecular flexibility index (Phi) is 5.71. The number of nitrogens with one attached hydrogen (secondary N) is 3. The van der Waals surface area contributed by atoms with Gasteiger partial charge in [0.15, 0.2) is 0 Å². The Morgan fingerprint density at radius 1 is 0.854 bits per heavy atom. The molecule has 9 nitrogen and oxygen atoms in total. The largest absolute Gasteiger partial charge is 0.508 e. The smallest absolute Gasteiger partial charge is 0.255 e. The number of H-pyrrole nitrogens is 2. The molecule has 5 aromatic heterocycles. The zero-order valence-corrected chi connectivity index (χ0v) is 21.3. The number of carbonyl (C=O) groups excluding carboxylic acids is 1. The van der Waals surface area contributed by atoms with Gasteiger partial charge in [0.2, 0.25) is 0 Å². The minimum atomic E-state index is -0.541. The number of rotatable bonds is 5. The van der Waals surface area contributed by atoms with E-state index in [-0.39, 0.29) is 11.7 Å². The van der Waals surface area contributed by atoms with Crippen molar-refractivity contribution < 1.29 is 14.3 Å². The normalized spacial score (nSPS) is 11.2. The van der Waals surface area contributed by atoms with Crippen molar-refractivity contribution in [2.24, 2.45) is 0 Å². The molecule has 198 valence electrons. The van der Waals surface area contributed by atoms with Gasteiger partial charge >= 0.3 is 0 Å². The number of nitrogens with zero attached hydrogens (tertiary/aromatic N) is 4. The number of carbonyl (C=O) groups is 1. The van der Waals surface area contributed by atoms with Gasteiger partial charge in [-0.1, -0.05) is 18.2 Å². The summed E-state index contributed by atoms with van der Waals surface area (Å²) in [4.78, 5) is 29.4. The minimum absolute atomic E-state index is 0.166. The Hall–Kier alpha value is -5.90. The zero-order chi connectivity index (χ0) is 27.9. The number of hydrogen-bond donors (Lipinski definition) is 4. The summed E-state index contributed by atoms with van der Waals surface area (Å²) < 4.78 is 14.0. The Balaban J connectivity index is 1.25. The van der Waals surface area contributed by atoms with E-state index in [1.54, 1.807) is 36.9 Å². The van der Waals surface area contributed by atoms with Crippen LogP contribution in [-0.2, 0) is 0 Å². The van der Waals surface area contributed by atoms with E-state index in [2.05, 4.69) is 30.5 Å². The van der Waals surface area contributed by atoms with E-state index in [0.717, 1.165) is 28.0 Å². The molecule has 5 heterocycles. The lowest BCUT2D eigenvalue weighted by atomic mass is 10.0. The maximum absolute atomic E-state index is 14.0. The molecule has 2 aromatic carbocycles. The number of benzene rings is 2. The lowest BCUT2D eigenvalue weighted by Gasteiger charge is -2.07. The molecule has 10 heteroatoms. The van der Waals surface area contributed by atoms with Crippen molar-refractivity contribution in [3.05, 3.63) is 109 Å². The first-order valence-corrected chi connectivity index (χ1v) is 12.7. The standard InChI is InChI=1S/C31H20FN7O2/c32-20-8-18(10-22(40)11-20)24-15-34-16-28-23(24)12-27(36-28)30-29-26(38-39-30)7-6-25(37-29)19-9-21(14-33-13-19)35-31(41)17-4-2-1-3-5-17/h1-16,36,40H,(H,35,41)(H,38,39). The van der Waals surface area contributed by atoms with Crippen molar-refractivity contribution in [2.45, 2.75) is 0 Å². The van der Waals surface area contributed by atoms with Gasteiger partial charge in [-0.05, 0) is 54.1 Å². The summed E-state index contributed by atoms with van der Waals surface area (Å²) in [6.07, 6.45) is 6.57. The highest BCUT2D eigenvalue weighted by molar-refractivity contribution is 6.04. The van der Waals surface area contributed by atoms with Gasteiger partial charge in [-0.25, -0.2) is 9.37 Å². The van der Waals surface area contributed by atoms with Crippen molar-refractivity contribution in [3.8, 4) is 39.5 Å². The number of pyridine rings is 3. The highest BCUT2D eigenvalue weighted by Gasteiger charge is 2.17. The molecule has 0 atom stereocenters. The number of amides is 1. The van der Waals surface area contributed by atoms with E-state index in [9.17, 15) is 14.3 Å². The van der Waals surface area contributed by atoms with Crippen molar-refractivity contribution in [3.63, 3.8) is 0 Å². The molecule has 41 heavy (non-hydrogen) atoms. The highest BCUT2D eigenvalue weighted by Crippen LogP contribution is 2.35. The first kappa shape index (κ1) is 24.2. The number of hydrogen-bond acceptors (Lipinski definition) is 6. The van der Waals surface area contributed by atoms with Crippen LogP contribution in [0.1, 0.15) is 10.4 Å². The van der Waals surface area contributed by atoms with Gasteiger partial charge < -0.3 is 15.4 Å². The fourth-order valence-corrected chi connectivity index (χ4v) is 4.83. The molecule has 0 saturated heterocycles. The molecule has 0 radical (unpaired) electrons. The van der Waals surface area contributed by atoms with Crippen LogP contribution in [0.3, 0.4) is 0 Å². The summed E-state index contributed by atoms with van der Waals surface area (Å²) in [6.45, 7) is 0. The molecule has 0 aliphatic rings. The molecule has 0 unspecified atom stereocenters. The third kappa shape index (κ3) is 4.53. The quantitative estimate of drug-likeness (QED) is 0.201. The van der Waals surface area contributed by atoms with Crippen molar-refractivity contribution >= 4 is 33.5 Å². The van der Waals surface area contributed by atoms with E-state index in [4.69, 9.17) is 4.98 Å². The first-order chi connectivity index (χ1) is 20.0. The van der Waals surface area contributed by atoms with Crippen LogP contribution in [-0.4, -0.2) is 41.1 Å². The molecule has 0 aliphatic heterocycles. The third-order valence-electron chi connectivity index (χ3n) is 6.73. The van der Waals surface area contributed by atoms with Crippen LogP contribution in [0, 0.1) is 5.82 Å². The Morgan fingerprint density at radius 3 is 2.56 bits per heavy atom. The van der Waals surface area contributed by atoms with Gasteiger partial charge in [0, 0.05) is 40.5 Å². The van der Waals surface area contributed by atoms with Crippen LogP contribution in [0.5, 0.6) is 5.75 Å². The molecule has 0 bridgehead atoms. The Labute approximate surface area is 231 Å². The second-order valence-corrected chi connectivity index (χ2v) is 9.48. The van der Waals surface area contributed by atoms with Gasteiger partial charge in [0.05, 0.1) is 40.5 Å². The summed E-state index contributed by atoms with van der Waals surface area (Å²) in [5.41, 5.74) is 6.99. The van der Waals surface area contributed by atoms with Crippen LogP contribution in [0.4, 0.5) is 10.1 Å². The van der Waals surface area contributed by atoms with Crippen LogP contribution >= 0.6 is 0 Å². The van der Waals surface area contributed by atoms with E-state index in [0.29, 0.717) is 45.0 Å². The molecule has 1 amide bonds. The van der Waals surface area contributed by atoms with Crippen LogP contribution in [0.2, 0.25) is 0 Å². The Bertz CT molecular complexity index is 2070. The second kappa shape index (κ2) is 9.69. The molecular formula is C31H20FN7O2. The molecule has 7 rings (SSSR count). The van der Waals surface area contributed by atoms with Crippen molar-refractivity contribution in [2.75, 3.05) is 5.32 Å². The summed E-state index contributed by atoms with van der Waals surface area (Å²) in [7, 11) is 0. The van der Waals surface area contributed by atoms with Crippen molar-refractivity contribution in [1.29, 1.82) is 0 Å². The first-order valence-electron chi connectivity index (χ1n) is 12.7. The van der Waals surface area contributed by atoms with E-state index >= 15 is 0 Å². The predicted octanol–water partition coefficient (Wildman–Crippen LogP) is 6.33. The lowest BCUT2D eigenvalue weighted by molar-refractivity contribution is 0.102. The van der Waals surface area contributed by atoms with E-state index < -0.39 is 5.82 Å². The molecular weight excluding hydrogens is 521 g/mol. The fraction of sp³-hybridized carbons (Fsp3) is 0. The van der Waals surface area contributed by atoms with Gasteiger partial charge in [-0.3, -0.25) is 19.9 Å².